The first kappa shape index (κ1) is 25.1. The molecule has 30 heavy (non-hydrogen) atoms. The van der Waals surface area contributed by atoms with Gasteiger partial charge >= 0.3 is 0 Å². The quantitative estimate of drug-likeness (QED) is 0.452. The molecule has 0 fully saturated rings. The van der Waals surface area contributed by atoms with Gasteiger partial charge in [-0.25, -0.2) is 22.0 Å². The van der Waals surface area contributed by atoms with Gasteiger partial charge in [-0.05, 0) is 33.3 Å². The summed E-state index contributed by atoms with van der Waals surface area (Å²) >= 11 is 0.523. The number of hydrogen-bond donors (Lipinski definition) is 2. The Kier molecular flexibility index (Phi) is 8.01. The van der Waals surface area contributed by atoms with E-state index < -0.39 is 49.8 Å². The van der Waals surface area contributed by atoms with E-state index in [0.29, 0.717) is 11.3 Å². The van der Waals surface area contributed by atoms with Crippen LogP contribution in [0.3, 0.4) is 0 Å². The number of hydrogen-bond acceptors (Lipinski definition) is 10. The fourth-order valence-corrected chi connectivity index (χ4v) is 7.28. The van der Waals surface area contributed by atoms with Gasteiger partial charge < -0.3 is 19.5 Å². The summed E-state index contributed by atoms with van der Waals surface area (Å²) in [6.45, 7) is 5.40. The highest BCUT2D eigenvalue weighted by Crippen LogP contribution is 2.40. The fraction of sp³-hybridized carbons (Fsp3) is 0.688. The molecule has 1 aromatic heterocycles. The minimum absolute atomic E-state index is 0.0566. The van der Waals surface area contributed by atoms with Gasteiger partial charge in [0.05, 0.1) is 5.69 Å². The Morgan fingerprint density at radius 1 is 1.23 bits per heavy atom. The number of methoxy groups -OCH3 is 2. The average molecular weight is 486 g/mol. The van der Waals surface area contributed by atoms with Gasteiger partial charge in [-0.3, -0.25) is 9.69 Å². The summed E-state index contributed by atoms with van der Waals surface area (Å²) in [4.78, 5) is 14.3. The minimum Gasteiger partial charge on any atom is -0.367 e. The molecule has 2 rings (SSSR count). The van der Waals surface area contributed by atoms with E-state index in [9.17, 15) is 21.6 Å². The van der Waals surface area contributed by atoms with Crippen molar-refractivity contribution >= 4 is 42.8 Å². The van der Waals surface area contributed by atoms with Crippen molar-refractivity contribution in [1.29, 1.82) is 0 Å². The van der Waals surface area contributed by atoms with Crippen LogP contribution in [0.5, 0.6) is 0 Å². The molecular formula is C16H27N3O8S3. The summed E-state index contributed by atoms with van der Waals surface area (Å²) in [5.41, 5.74) is -0.0713. The summed E-state index contributed by atoms with van der Waals surface area (Å²) in [5.74, 6) is -0.731. The molecular weight excluding hydrogens is 458 g/mol. The molecule has 0 saturated heterocycles. The van der Waals surface area contributed by atoms with Crippen molar-refractivity contribution in [2.45, 2.75) is 59.6 Å². The number of amides is 1. The monoisotopic (exact) mass is 485 g/mol. The van der Waals surface area contributed by atoms with Crippen molar-refractivity contribution < 1.29 is 35.8 Å². The number of thiophene rings is 1. The highest BCUT2D eigenvalue weighted by molar-refractivity contribution is 7.96. The molecule has 172 valence electrons. The van der Waals surface area contributed by atoms with Crippen LogP contribution in [-0.2, 0) is 38.9 Å². The van der Waals surface area contributed by atoms with E-state index in [-0.39, 0.29) is 27.1 Å². The molecule has 0 spiro atoms. The number of sulfonamides is 1. The van der Waals surface area contributed by atoms with E-state index in [1.807, 2.05) is 0 Å². The van der Waals surface area contributed by atoms with E-state index in [4.69, 9.17) is 19.3 Å². The van der Waals surface area contributed by atoms with Crippen molar-refractivity contribution in [2.24, 2.45) is 5.14 Å². The molecule has 2 heterocycles. The van der Waals surface area contributed by atoms with Crippen LogP contribution < -0.4 is 10.5 Å². The van der Waals surface area contributed by atoms with E-state index in [1.165, 1.54) is 14.2 Å². The smallest absolute Gasteiger partial charge is 0.247 e. The predicted octanol–water partition coefficient (Wildman–Crippen LogP) is 0.529. The van der Waals surface area contributed by atoms with Crippen LogP contribution in [0.25, 0.3) is 0 Å². The third-order valence-corrected chi connectivity index (χ3v) is 10.0. The number of nitrogens with two attached hydrogens (primary N) is 1. The maximum absolute atomic E-state index is 13.0. The molecule has 0 saturated carbocycles. The molecule has 1 amide bonds. The maximum Gasteiger partial charge on any atom is 0.247 e. The molecule has 11 nitrogen and oxygen atoms in total. The van der Waals surface area contributed by atoms with E-state index >= 15 is 0 Å². The van der Waals surface area contributed by atoms with Crippen molar-refractivity contribution in [2.75, 3.05) is 26.1 Å². The zero-order chi connectivity index (χ0) is 22.9. The number of rotatable bonds is 10. The first-order chi connectivity index (χ1) is 13.8. The summed E-state index contributed by atoms with van der Waals surface area (Å²) in [7, 11) is -5.20. The molecule has 4 unspecified atom stereocenters. The van der Waals surface area contributed by atoms with Crippen molar-refractivity contribution in [3.8, 4) is 0 Å². The molecule has 0 aliphatic carbocycles. The lowest BCUT2D eigenvalue weighted by atomic mass is 10.2. The second kappa shape index (κ2) is 9.56. The Morgan fingerprint density at radius 3 is 2.40 bits per heavy atom. The molecule has 0 radical (unpaired) electrons. The summed E-state index contributed by atoms with van der Waals surface area (Å²) in [6.07, 6.45) is -1.47. The lowest BCUT2D eigenvalue weighted by Crippen LogP contribution is -2.47. The predicted molar refractivity (Wildman–Crippen MR) is 110 cm³/mol. The first-order valence-corrected chi connectivity index (χ1v) is 12.9. The van der Waals surface area contributed by atoms with Crippen LogP contribution in [0.4, 0.5) is 5.69 Å². The molecule has 0 aromatic carbocycles. The number of carbonyl (C=O) groups is 1. The van der Waals surface area contributed by atoms with E-state index in [0.717, 1.165) is 6.07 Å². The number of primary sulfonamides is 1. The van der Waals surface area contributed by atoms with Gasteiger partial charge in [0.25, 0.3) is 0 Å². The van der Waals surface area contributed by atoms with Crippen LogP contribution in [-0.4, -0.2) is 72.4 Å². The second-order valence-electron chi connectivity index (χ2n) is 6.73. The largest absolute Gasteiger partial charge is 0.367 e. The molecule has 1 aliphatic rings. The average Bonchev–Trinajstić information content (AvgIpc) is 3.09. The number of sulfone groups is 1. The zero-order valence-electron chi connectivity index (χ0n) is 17.3. The zero-order valence-corrected chi connectivity index (χ0v) is 19.8. The number of nitrogens with one attached hydrogen (secondary N) is 1. The van der Waals surface area contributed by atoms with Crippen molar-refractivity contribution in [3.63, 3.8) is 0 Å². The van der Waals surface area contributed by atoms with Crippen LogP contribution in [0, 0.1) is 0 Å². The van der Waals surface area contributed by atoms with Crippen LogP contribution in [0.1, 0.15) is 27.2 Å². The van der Waals surface area contributed by atoms with Gasteiger partial charge in [0.1, 0.15) is 26.1 Å². The molecule has 0 bridgehead atoms. The summed E-state index contributed by atoms with van der Waals surface area (Å²) < 4.78 is 64.7. The summed E-state index contributed by atoms with van der Waals surface area (Å²) in [5, 5.41) is 6.16. The van der Waals surface area contributed by atoms with E-state index in [2.05, 4.69) is 5.32 Å². The standard InChI is InChI=1S/C16H27N3O8S3/c1-9(25-4)19(10(2)27-11(3)26-5)7-6-13-15(20)18-12-8-14(30(17,23)24)28-16(12)29(13,21)22/h8-11,13H,6-7H2,1-5H3,(H,18,20)(H2,17,23,24). The number of anilines is 1. The molecule has 4 atom stereocenters. The lowest BCUT2D eigenvalue weighted by Gasteiger charge is -2.35. The number of ether oxygens (including phenoxy) is 3. The Morgan fingerprint density at radius 2 is 1.87 bits per heavy atom. The third kappa shape index (κ3) is 5.37. The van der Waals surface area contributed by atoms with Crippen molar-refractivity contribution in [1.82, 2.24) is 4.90 Å². The fourth-order valence-electron chi connectivity index (χ4n) is 3.03. The molecule has 1 aromatic rings. The summed E-state index contributed by atoms with van der Waals surface area (Å²) in [6, 6.07) is 1.06. The third-order valence-electron chi connectivity index (χ3n) is 4.78. The van der Waals surface area contributed by atoms with Crippen LogP contribution >= 0.6 is 11.3 Å². The normalized spacial score (nSPS) is 21.7. The number of nitrogens with zero attached hydrogens (tertiary/aromatic N) is 1. The SMILES string of the molecule is COC(C)OC(C)N(CCC1C(=O)Nc2cc(S(N)(=O)=O)sc2S1(=O)=O)C(C)OC. The van der Waals surface area contributed by atoms with Gasteiger partial charge in [-0.15, -0.1) is 11.3 Å². The Hall–Kier alpha value is -1.13. The Bertz CT molecular complexity index is 976. The van der Waals surface area contributed by atoms with Crippen LogP contribution in [0.2, 0.25) is 0 Å². The van der Waals surface area contributed by atoms with Gasteiger partial charge in [-0.2, -0.15) is 0 Å². The Labute approximate surface area is 180 Å². The highest BCUT2D eigenvalue weighted by atomic mass is 32.3. The first-order valence-electron chi connectivity index (χ1n) is 9.01. The minimum atomic E-state index is -4.10. The van der Waals surface area contributed by atoms with Gasteiger partial charge in [0, 0.05) is 20.8 Å². The molecule has 14 heteroatoms. The van der Waals surface area contributed by atoms with Crippen molar-refractivity contribution in [3.05, 3.63) is 6.07 Å². The maximum atomic E-state index is 13.0. The van der Waals surface area contributed by atoms with E-state index in [1.54, 1.807) is 25.7 Å². The number of carbonyl (C=O) groups excluding carboxylic acids is 1. The van der Waals surface area contributed by atoms with Crippen LogP contribution in [0.15, 0.2) is 14.5 Å². The second-order valence-corrected chi connectivity index (χ2v) is 11.9. The lowest BCUT2D eigenvalue weighted by molar-refractivity contribution is -0.207. The highest BCUT2D eigenvalue weighted by Gasteiger charge is 2.43. The van der Waals surface area contributed by atoms with Gasteiger partial charge in [0.2, 0.25) is 25.8 Å². The Balaban J connectivity index is 2.26. The molecule has 3 N–H and O–H groups in total. The van der Waals surface area contributed by atoms with Gasteiger partial charge in [0.15, 0.2) is 6.29 Å². The topological polar surface area (TPSA) is 154 Å². The van der Waals surface area contributed by atoms with Gasteiger partial charge in [-0.1, -0.05) is 0 Å². The number of fused-ring (bicyclic) bond motifs is 1. The molecule has 1 aliphatic heterocycles.